The first-order valence-electron chi connectivity index (χ1n) is 9.38. The van der Waals surface area contributed by atoms with Gasteiger partial charge in [0.1, 0.15) is 0 Å². The van der Waals surface area contributed by atoms with Crippen molar-refractivity contribution in [3.63, 3.8) is 0 Å². The van der Waals surface area contributed by atoms with E-state index in [4.69, 9.17) is 9.47 Å². The van der Waals surface area contributed by atoms with Gasteiger partial charge >= 0.3 is 0 Å². The molecule has 0 saturated carbocycles. The van der Waals surface area contributed by atoms with E-state index in [0.717, 1.165) is 45.4 Å². The summed E-state index contributed by atoms with van der Waals surface area (Å²) in [5.41, 5.74) is 4.11. The van der Waals surface area contributed by atoms with E-state index in [1.807, 2.05) is 0 Å². The Hall–Kier alpha value is -1.10. The third-order valence-corrected chi connectivity index (χ3v) is 5.11. The molecule has 0 aromatic heterocycles. The second kappa shape index (κ2) is 8.32. The Labute approximate surface area is 145 Å². The van der Waals surface area contributed by atoms with Crippen LogP contribution in [0.25, 0.3) is 0 Å². The SMILES string of the molecule is CC(C)c1ccc2c(c1)CCCN2CC(O)COC1CCOCC1. The van der Waals surface area contributed by atoms with Crippen molar-refractivity contribution in [2.24, 2.45) is 0 Å². The lowest BCUT2D eigenvalue weighted by molar-refractivity contribution is -0.0575. The fourth-order valence-corrected chi connectivity index (χ4v) is 3.64. The largest absolute Gasteiger partial charge is 0.389 e. The van der Waals surface area contributed by atoms with E-state index in [9.17, 15) is 5.11 Å². The lowest BCUT2D eigenvalue weighted by Crippen LogP contribution is -2.39. The molecule has 2 aliphatic heterocycles. The zero-order chi connectivity index (χ0) is 16.9. The summed E-state index contributed by atoms with van der Waals surface area (Å²) in [4.78, 5) is 2.32. The maximum atomic E-state index is 10.4. The van der Waals surface area contributed by atoms with Gasteiger partial charge in [-0.25, -0.2) is 0 Å². The molecule has 134 valence electrons. The van der Waals surface area contributed by atoms with Crippen molar-refractivity contribution >= 4 is 5.69 Å². The van der Waals surface area contributed by atoms with Crippen LogP contribution in [0.3, 0.4) is 0 Å². The van der Waals surface area contributed by atoms with Gasteiger partial charge in [-0.2, -0.15) is 0 Å². The van der Waals surface area contributed by atoms with Crippen molar-refractivity contribution in [1.29, 1.82) is 0 Å². The minimum atomic E-state index is -0.441. The number of hydrogen-bond acceptors (Lipinski definition) is 4. The number of rotatable bonds is 6. The first-order valence-corrected chi connectivity index (χ1v) is 9.38. The number of fused-ring (bicyclic) bond motifs is 1. The smallest absolute Gasteiger partial charge is 0.0948 e. The molecule has 1 N–H and O–H groups in total. The number of aliphatic hydroxyl groups excluding tert-OH is 1. The zero-order valence-corrected chi connectivity index (χ0v) is 15.0. The standard InChI is InChI=1S/C20H31NO3/c1-15(2)16-5-6-20-17(12-16)4-3-9-21(20)13-18(22)14-24-19-7-10-23-11-8-19/h5-6,12,15,18-19,22H,3-4,7-11,13-14H2,1-2H3. The Balaban J connectivity index is 1.56. The predicted molar refractivity (Wildman–Crippen MR) is 96.9 cm³/mol. The molecule has 4 heteroatoms. The van der Waals surface area contributed by atoms with Crippen LogP contribution in [0.2, 0.25) is 0 Å². The van der Waals surface area contributed by atoms with Crippen LogP contribution < -0.4 is 4.90 Å². The molecule has 1 fully saturated rings. The molecule has 0 aliphatic carbocycles. The van der Waals surface area contributed by atoms with Crippen molar-refractivity contribution in [3.8, 4) is 0 Å². The molecule has 24 heavy (non-hydrogen) atoms. The molecule has 0 spiro atoms. The van der Waals surface area contributed by atoms with Gasteiger partial charge in [0.05, 0.1) is 18.8 Å². The molecule has 0 bridgehead atoms. The van der Waals surface area contributed by atoms with Gasteiger partial charge in [0, 0.05) is 32.0 Å². The Bertz CT molecular complexity index is 526. The zero-order valence-electron chi connectivity index (χ0n) is 15.0. The second-order valence-electron chi connectivity index (χ2n) is 7.39. The van der Waals surface area contributed by atoms with Crippen LogP contribution in [0.15, 0.2) is 18.2 Å². The Morgan fingerprint density at radius 3 is 2.83 bits per heavy atom. The van der Waals surface area contributed by atoms with Gasteiger partial charge in [-0.3, -0.25) is 0 Å². The molecule has 2 aliphatic rings. The highest BCUT2D eigenvalue weighted by atomic mass is 16.5. The highest BCUT2D eigenvalue weighted by Crippen LogP contribution is 2.30. The van der Waals surface area contributed by atoms with Gasteiger partial charge in [0.15, 0.2) is 0 Å². The van der Waals surface area contributed by atoms with Gasteiger partial charge in [-0.05, 0) is 48.8 Å². The third kappa shape index (κ3) is 4.50. The van der Waals surface area contributed by atoms with Crippen molar-refractivity contribution in [1.82, 2.24) is 0 Å². The van der Waals surface area contributed by atoms with Crippen LogP contribution >= 0.6 is 0 Å². The van der Waals surface area contributed by atoms with Crippen LogP contribution in [-0.2, 0) is 15.9 Å². The average molecular weight is 333 g/mol. The highest BCUT2D eigenvalue weighted by molar-refractivity contribution is 5.57. The highest BCUT2D eigenvalue weighted by Gasteiger charge is 2.21. The number of nitrogens with zero attached hydrogens (tertiary/aromatic N) is 1. The molecule has 1 atom stereocenters. The summed E-state index contributed by atoms with van der Waals surface area (Å²) in [6, 6.07) is 6.81. The number of anilines is 1. The van der Waals surface area contributed by atoms with Crippen LogP contribution in [0, 0.1) is 0 Å². The first kappa shape index (κ1) is 17.7. The lowest BCUT2D eigenvalue weighted by atomic mass is 9.94. The van der Waals surface area contributed by atoms with E-state index < -0.39 is 6.10 Å². The molecule has 2 heterocycles. The topological polar surface area (TPSA) is 41.9 Å². The molecule has 0 radical (unpaired) electrons. The Kier molecular flexibility index (Phi) is 6.14. The summed E-state index contributed by atoms with van der Waals surface area (Å²) in [5, 5.41) is 10.4. The molecule has 1 aromatic rings. The van der Waals surface area contributed by atoms with Crippen molar-refractivity contribution in [2.75, 3.05) is 37.8 Å². The van der Waals surface area contributed by atoms with E-state index in [2.05, 4.69) is 36.9 Å². The van der Waals surface area contributed by atoms with Crippen LogP contribution in [0.4, 0.5) is 5.69 Å². The number of hydrogen-bond donors (Lipinski definition) is 1. The third-order valence-electron chi connectivity index (χ3n) is 5.11. The summed E-state index contributed by atoms with van der Waals surface area (Å²) < 4.78 is 11.2. The predicted octanol–water partition coefficient (Wildman–Crippen LogP) is 3.12. The van der Waals surface area contributed by atoms with E-state index in [0.29, 0.717) is 19.1 Å². The molecule has 4 nitrogen and oxygen atoms in total. The number of β-amino-alcohol motifs (C(OH)–C–C–N with tert-alkyl or cyclic N) is 1. The minimum Gasteiger partial charge on any atom is -0.389 e. The van der Waals surface area contributed by atoms with E-state index >= 15 is 0 Å². The molecule has 1 unspecified atom stereocenters. The second-order valence-corrected chi connectivity index (χ2v) is 7.39. The van der Waals surface area contributed by atoms with Gasteiger partial charge in [-0.15, -0.1) is 0 Å². The number of aliphatic hydroxyl groups is 1. The summed E-state index contributed by atoms with van der Waals surface area (Å²) >= 11 is 0. The molecule has 0 amide bonds. The van der Waals surface area contributed by atoms with Crippen LogP contribution in [-0.4, -0.2) is 50.2 Å². The quantitative estimate of drug-likeness (QED) is 0.868. The molecular formula is C20H31NO3. The van der Waals surface area contributed by atoms with Crippen LogP contribution in [0.1, 0.15) is 50.2 Å². The minimum absolute atomic E-state index is 0.246. The number of aryl methyl sites for hydroxylation is 1. The first-order chi connectivity index (χ1) is 11.6. The van der Waals surface area contributed by atoms with Gasteiger partial charge in [0.25, 0.3) is 0 Å². The fraction of sp³-hybridized carbons (Fsp3) is 0.700. The van der Waals surface area contributed by atoms with Gasteiger partial charge in [-0.1, -0.05) is 26.0 Å². The van der Waals surface area contributed by atoms with Crippen molar-refractivity contribution in [2.45, 2.75) is 57.7 Å². The summed E-state index contributed by atoms with van der Waals surface area (Å²) in [5.74, 6) is 0.559. The van der Waals surface area contributed by atoms with Gasteiger partial charge in [0.2, 0.25) is 0 Å². The lowest BCUT2D eigenvalue weighted by Gasteiger charge is -2.34. The van der Waals surface area contributed by atoms with E-state index in [1.54, 1.807) is 0 Å². The van der Waals surface area contributed by atoms with Crippen molar-refractivity contribution in [3.05, 3.63) is 29.3 Å². The Morgan fingerprint density at radius 1 is 1.29 bits per heavy atom. The van der Waals surface area contributed by atoms with E-state index in [-0.39, 0.29) is 6.10 Å². The maximum absolute atomic E-state index is 10.4. The fourth-order valence-electron chi connectivity index (χ4n) is 3.64. The monoisotopic (exact) mass is 333 g/mol. The molecule has 1 saturated heterocycles. The van der Waals surface area contributed by atoms with Gasteiger partial charge < -0.3 is 19.5 Å². The Morgan fingerprint density at radius 2 is 2.08 bits per heavy atom. The summed E-state index contributed by atoms with van der Waals surface area (Å²) in [6.07, 6.45) is 3.98. The van der Waals surface area contributed by atoms with Crippen LogP contribution in [0.5, 0.6) is 0 Å². The van der Waals surface area contributed by atoms with Crippen molar-refractivity contribution < 1.29 is 14.6 Å². The van der Waals surface area contributed by atoms with E-state index in [1.165, 1.54) is 16.8 Å². The number of benzene rings is 1. The molecule has 1 aromatic carbocycles. The maximum Gasteiger partial charge on any atom is 0.0948 e. The average Bonchev–Trinajstić information content (AvgIpc) is 2.60. The summed E-state index contributed by atoms with van der Waals surface area (Å²) in [7, 11) is 0. The summed E-state index contributed by atoms with van der Waals surface area (Å²) in [6.45, 7) is 8.11. The normalized spacial score (nSPS) is 20.2. The molecular weight excluding hydrogens is 302 g/mol. The molecule has 3 rings (SSSR count). The number of ether oxygens (including phenoxy) is 2.